The number of rotatable bonds is 2. The zero-order valence-electron chi connectivity index (χ0n) is 11.4. The molecule has 0 amide bonds. The van der Waals surface area contributed by atoms with Crippen molar-refractivity contribution in [1.82, 2.24) is 5.32 Å². The predicted molar refractivity (Wildman–Crippen MR) is 73.8 cm³/mol. The zero-order valence-corrected chi connectivity index (χ0v) is 11.4. The Bertz CT molecular complexity index is 423. The SMILES string of the molecule is CC(C)c1cccc(C2NCCOC23CCC3)c1. The van der Waals surface area contributed by atoms with E-state index in [1.54, 1.807) is 0 Å². The van der Waals surface area contributed by atoms with E-state index in [-0.39, 0.29) is 5.60 Å². The third-order valence-electron chi connectivity index (χ3n) is 4.48. The first-order chi connectivity index (χ1) is 8.71. The molecule has 1 heterocycles. The minimum Gasteiger partial charge on any atom is -0.372 e. The van der Waals surface area contributed by atoms with Gasteiger partial charge in [-0.25, -0.2) is 0 Å². The van der Waals surface area contributed by atoms with E-state index >= 15 is 0 Å². The first kappa shape index (κ1) is 12.2. The summed E-state index contributed by atoms with van der Waals surface area (Å²) in [5.74, 6) is 0.590. The first-order valence-electron chi connectivity index (χ1n) is 7.18. The Labute approximate surface area is 110 Å². The average molecular weight is 245 g/mol. The molecular weight excluding hydrogens is 222 g/mol. The van der Waals surface area contributed by atoms with E-state index in [4.69, 9.17) is 4.74 Å². The average Bonchev–Trinajstić information content (AvgIpc) is 2.37. The molecule has 1 aromatic rings. The number of hydrogen-bond donors (Lipinski definition) is 1. The summed E-state index contributed by atoms with van der Waals surface area (Å²) in [6, 6.07) is 9.41. The highest BCUT2D eigenvalue weighted by Gasteiger charge is 2.47. The molecule has 2 fully saturated rings. The molecule has 0 aromatic heterocycles. The van der Waals surface area contributed by atoms with Crippen LogP contribution < -0.4 is 5.32 Å². The molecule has 1 unspecified atom stereocenters. The summed E-state index contributed by atoms with van der Waals surface area (Å²) in [6.07, 6.45) is 3.72. The molecular formula is C16H23NO. The molecule has 1 aliphatic carbocycles. The summed E-state index contributed by atoms with van der Waals surface area (Å²) in [7, 11) is 0. The van der Waals surface area contributed by atoms with Gasteiger partial charge >= 0.3 is 0 Å². The second-order valence-electron chi connectivity index (χ2n) is 5.98. The Hall–Kier alpha value is -0.860. The fourth-order valence-corrected chi connectivity index (χ4v) is 3.20. The Morgan fingerprint density at radius 1 is 1.33 bits per heavy atom. The van der Waals surface area contributed by atoms with E-state index in [1.165, 1.54) is 30.4 Å². The van der Waals surface area contributed by atoms with Crippen LogP contribution >= 0.6 is 0 Å². The second-order valence-corrected chi connectivity index (χ2v) is 5.98. The fourth-order valence-electron chi connectivity index (χ4n) is 3.20. The molecule has 1 aromatic carbocycles. The molecule has 1 N–H and O–H groups in total. The van der Waals surface area contributed by atoms with Crippen LogP contribution in [0, 0.1) is 0 Å². The van der Waals surface area contributed by atoms with E-state index in [0.717, 1.165) is 13.2 Å². The Morgan fingerprint density at radius 3 is 2.83 bits per heavy atom. The molecule has 1 saturated carbocycles. The van der Waals surface area contributed by atoms with Gasteiger partial charge in [-0.3, -0.25) is 0 Å². The van der Waals surface area contributed by atoms with Gasteiger partial charge in [0.15, 0.2) is 0 Å². The lowest BCUT2D eigenvalue weighted by atomic mass is 9.71. The van der Waals surface area contributed by atoms with Gasteiger partial charge in [0.25, 0.3) is 0 Å². The zero-order chi connectivity index (χ0) is 12.6. The van der Waals surface area contributed by atoms with Crippen LogP contribution in [0.25, 0.3) is 0 Å². The third-order valence-corrected chi connectivity index (χ3v) is 4.48. The van der Waals surface area contributed by atoms with Crippen molar-refractivity contribution in [2.24, 2.45) is 0 Å². The van der Waals surface area contributed by atoms with Crippen LogP contribution in [0.5, 0.6) is 0 Å². The number of hydrogen-bond acceptors (Lipinski definition) is 2. The first-order valence-corrected chi connectivity index (χ1v) is 7.18. The second kappa shape index (κ2) is 4.67. The third kappa shape index (κ3) is 1.98. The Balaban J connectivity index is 1.90. The van der Waals surface area contributed by atoms with Crippen molar-refractivity contribution in [3.05, 3.63) is 35.4 Å². The van der Waals surface area contributed by atoms with Crippen LogP contribution in [0.1, 0.15) is 56.2 Å². The normalized spacial score (nSPS) is 26.3. The van der Waals surface area contributed by atoms with E-state index < -0.39 is 0 Å². The molecule has 2 heteroatoms. The minimum atomic E-state index is 0.0911. The molecule has 1 saturated heterocycles. The van der Waals surface area contributed by atoms with Crippen LogP contribution in [0.15, 0.2) is 24.3 Å². The van der Waals surface area contributed by atoms with Crippen molar-refractivity contribution in [3.8, 4) is 0 Å². The minimum absolute atomic E-state index is 0.0911. The lowest BCUT2D eigenvalue weighted by molar-refractivity contribution is -0.146. The number of benzene rings is 1. The number of ether oxygens (including phenoxy) is 1. The topological polar surface area (TPSA) is 21.3 Å². The fraction of sp³-hybridized carbons (Fsp3) is 0.625. The lowest BCUT2D eigenvalue weighted by Crippen LogP contribution is -2.56. The van der Waals surface area contributed by atoms with Crippen molar-refractivity contribution in [2.75, 3.05) is 13.2 Å². The highest BCUT2D eigenvalue weighted by molar-refractivity contribution is 5.31. The van der Waals surface area contributed by atoms with Crippen LogP contribution in [0.4, 0.5) is 0 Å². The standard InChI is InChI=1S/C16H23NO/c1-12(2)13-5-3-6-14(11-13)15-16(7-4-8-16)18-10-9-17-15/h3,5-6,11-12,15,17H,4,7-10H2,1-2H3. The van der Waals surface area contributed by atoms with E-state index in [0.29, 0.717) is 12.0 Å². The maximum absolute atomic E-state index is 6.11. The van der Waals surface area contributed by atoms with Gasteiger partial charge in [0.05, 0.1) is 18.2 Å². The highest BCUT2D eigenvalue weighted by Crippen LogP contribution is 2.46. The van der Waals surface area contributed by atoms with Gasteiger partial charge in [-0.1, -0.05) is 38.1 Å². The van der Waals surface area contributed by atoms with Gasteiger partial charge in [-0.15, -0.1) is 0 Å². The molecule has 2 nitrogen and oxygen atoms in total. The Morgan fingerprint density at radius 2 is 2.17 bits per heavy atom. The summed E-state index contributed by atoms with van der Waals surface area (Å²) < 4.78 is 6.11. The van der Waals surface area contributed by atoms with E-state index in [2.05, 4.69) is 43.4 Å². The molecule has 2 aliphatic rings. The van der Waals surface area contributed by atoms with Crippen molar-refractivity contribution in [1.29, 1.82) is 0 Å². The Kier molecular flexibility index (Phi) is 3.16. The van der Waals surface area contributed by atoms with Gasteiger partial charge in [-0.05, 0) is 36.3 Å². The van der Waals surface area contributed by atoms with Gasteiger partial charge in [0.2, 0.25) is 0 Å². The molecule has 18 heavy (non-hydrogen) atoms. The molecule has 0 bridgehead atoms. The summed E-state index contributed by atoms with van der Waals surface area (Å²) >= 11 is 0. The number of morpholine rings is 1. The van der Waals surface area contributed by atoms with Crippen LogP contribution in [0.2, 0.25) is 0 Å². The van der Waals surface area contributed by atoms with Crippen LogP contribution in [-0.2, 0) is 4.74 Å². The van der Waals surface area contributed by atoms with Crippen molar-refractivity contribution < 1.29 is 4.74 Å². The van der Waals surface area contributed by atoms with Gasteiger partial charge in [-0.2, -0.15) is 0 Å². The molecule has 3 rings (SSSR count). The van der Waals surface area contributed by atoms with Gasteiger partial charge in [0.1, 0.15) is 0 Å². The predicted octanol–water partition coefficient (Wildman–Crippen LogP) is 3.39. The molecule has 1 spiro atoms. The van der Waals surface area contributed by atoms with Crippen LogP contribution in [0.3, 0.4) is 0 Å². The van der Waals surface area contributed by atoms with E-state index in [9.17, 15) is 0 Å². The van der Waals surface area contributed by atoms with Gasteiger partial charge < -0.3 is 10.1 Å². The maximum Gasteiger partial charge on any atom is 0.0877 e. The van der Waals surface area contributed by atoms with Crippen LogP contribution in [-0.4, -0.2) is 18.8 Å². The van der Waals surface area contributed by atoms with Crippen molar-refractivity contribution >= 4 is 0 Å². The number of nitrogens with one attached hydrogen (secondary N) is 1. The summed E-state index contributed by atoms with van der Waals surface area (Å²) in [5.41, 5.74) is 2.92. The van der Waals surface area contributed by atoms with Crippen molar-refractivity contribution in [2.45, 2.75) is 50.7 Å². The van der Waals surface area contributed by atoms with Gasteiger partial charge in [0, 0.05) is 6.54 Å². The van der Waals surface area contributed by atoms with Crippen molar-refractivity contribution in [3.63, 3.8) is 0 Å². The molecule has 1 atom stereocenters. The molecule has 0 radical (unpaired) electrons. The quantitative estimate of drug-likeness (QED) is 0.862. The summed E-state index contributed by atoms with van der Waals surface area (Å²) in [6.45, 7) is 6.34. The maximum atomic E-state index is 6.11. The molecule has 98 valence electrons. The summed E-state index contributed by atoms with van der Waals surface area (Å²) in [5, 5.41) is 3.67. The highest BCUT2D eigenvalue weighted by atomic mass is 16.5. The smallest absolute Gasteiger partial charge is 0.0877 e. The largest absolute Gasteiger partial charge is 0.372 e. The molecule has 1 aliphatic heterocycles. The monoisotopic (exact) mass is 245 g/mol. The summed E-state index contributed by atoms with van der Waals surface area (Å²) in [4.78, 5) is 0. The lowest BCUT2D eigenvalue weighted by Gasteiger charge is -2.50. The van der Waals surface area contributed by atoms with E-state index in [1.807, 2.05) is 0 Å².